The van der Waals surface area contributed by atoms with Crippen LogP contribution >= 0.6 is 23.2 Å². The van der Waals surface area contributed by atoms with Gasteiger partial charge in [0.1, 0.15) is 18.5 Å². The number of hydrogen-bond acceptors (Lipinski definition) is 4. The zero-order chi connectivity index (χ0) is 12.1. The number of nitrogens with zero attached hydrogens (tertiary/aromatic N) is 2. The summed E-state index contributed by atoms with van der Waals surface area (Å²) in [6.07, 6.45) is 0. The van der Waals surface area contributed by atoms with Gasteiger partial charge in [0.15, 0.2) is 0 Å². The fourth-order valence-electron chi connectivity index (χ4n) is 1.13. The lowest BCUT2D eigenvalue weighted by Crippen LogP contribution is -2.13. The minimum atomic E-state index is 0.297. The van der Waals surface area contributed by atoms with E-state index < -0.39 is 0 Å². The Bertz CT molecular complexity index is 444. The van der Waals surface area contributed by atoms with E-state index in [1.807, 2.05) is 0 Å². The van der Waals surface area contributed by atoms with Gasteiger partial charge >= 0.3 is 0 Å². The molecule has 1 aromatic rings. The van der Waals surface area contributed by atoms with Gasteiger partial charge in [0.25, 0.3) is 0 Å². The molecule has 86 valence electrons. The lowest BCUT2D eigenvalue weighted by Gasteiger charge is -2.06. The zero-order valence-electron chi connectivity index (χ0n) is 8.74. The molecule has 0 saturated carbocycles. The van der Waals surface area contributed by atoms with Gasteiger partial charge in [-0.15, -0.1) is 0 Å². The Kier molecular flexibility index (Phi) is 4.58. The predicted molar refractivity (Wildman–Crippen MR) is 64.9 cm³/mol. The van der Waals surface area contributed by atoms with Gasteiger partial charge in [-0.1, -0.05) is 33.5 Å². The van der Waals surface area contributed by atoms with E-state index in [2.05, 4.69) is 15.1 Å². The third-order valence-corrected chi connectivity index (χ3v) is 2.41. The van der Waals surface area contributed by atoms with E-state index in [1.54, 1.807) is 25.1 Å². The molecule has 4 nitrogen and oxygen atoms in total. The summed E-state index contributed by atoms with van der Waals surface area (Å²) in [5.74, 6) is 0. The SMILES string of the molecule is CO/N=C(\C(C)=N\O)c1ccc(Cl)cc1Cl. The Morgan fingerprint density at radius 2 is 2.06 bits per heavy atom. The molecule has 0 radical (unpaired) electrons. The molecule has 0 atom stereocenters. The van der Waals surface area contributed by atoms with Crippen molar-refractivity contribution >= 4 is 34.6 Å². The van der Waals surface area contributed by atoms with Gasteiger partial charge in [-0.2, -0.15) is 0 Å². The first-order valence-electron chi connectivity index (χ1n) is 4.35. The molecule has 0 fully saturated rings. The van der Waals surface area contributed by atoms with Crippen LogP contribution in [0.3, 0.4) is 0 Å². The molecule has 1 aromatic carbocycles. The quantitative estimate of drug-likeness (QED) is 0.516. The smallest absolute Gasteiger partial charge is 0.136 e. The summed E-state index contributed by atoms with van der Waals surface area (Å²) >= 11 is 11.8. The van der Waals surface area contributed by atoms with Crippen LogP contribution in [0.15, 0.2) is 28.5 Å². The third kappa shape index (κ3) is 2.87. The average Bonchev–Trinajstić information content (AvgIpc) is 2.26. The summed E-state index contributed by atoms with van der Waals surface area (Å²) in [6, 6.07) is 4.92. The van der Waals surface area contributed by atoms with Crippen molar-refractivity contribution in [1.82, 2.24) is 0 Å². The second-order valence-corrected chi connectivity index (χ2v) is 3.78. The van der Waals surface area contributed by atoms with Gasteiger partial charge in [-0.3, -0.25) is 0 Å². The van der Waals surface area contributed by atoms with Crippen LogP contribution in [0.2, 0.25) is 10.0 Å². The standard InChI is InChI=1S/C10H10Cl2N2O2/c1-6(13-15)10(14-16-2)8-4-3-7(11)5-9(8)12/h3-5,15H,1-2H3/b13-6+,14-10+. The summed E-state index contributed by atoms with van der Waals surface area (Å²) in [6.45, 7) is 1.59. The Balaban J connectivity index is 3.28. The molecule has 0 heterocycles. The number of oxime groups is 2. The third-order valence-electron chi connectivity index (χ3n) is 1.86. The molecule has 0 aromatic heterocycles. The van der Waals surface area contributed by atoms with Gasteiger partial charge in [0.05, 0.1) is 5.02 Å². The predicted octanol–water partition coefficient (Wildman–Crippen LogP) is 3.19. The second-order valence-electron chi connectivity index (χ2n) is 2.93. The Morgan fingerprint density at radius 3 is 2.56 bits per heavy atom. The zero-order valence-corrected chi connectivity index (χ0v) is 10.2. The van der Waals surface area contributed by atoms with Crippen LogP contribution < -0.4 is 0 Å². The average molecular weight is 261 g/mol. The van der Waals surface area contributed by atoms with E-state index in [0.717, 1.165) is 0 Å². The largest absolute Gasteiger partial charge is 0.411 e. The minimum Gasteiger partial charge on any atom is -0.411 e. The molecule has 16 heavy (non-hydrogen) atoms. The van der Waals surface area contributed by atoms with Crippen LogP contribution in [-0.2, 0) is 4.84 Å². The highest BCUT2D eigenvalue weighted by Crippen LogP contribution is 2.22. The maximum absolute atomic E-state index is 8.72. The molecule has 0 bridgehead atoms. The maximum Gasteiger partial charge on any atom is 0.136 e. The van der Waals surface area contributed by atoms with Crippen LogP contribution in [0.1, 0.15) is 12.5 Å². The number of hydrogen-bond donors (Lipinski definition) is 1. The van der Waals surface area contributed by atoms with Crippen LogP contribution in [0.4, 0.5) is 0 Å². The van der Waals surface area contributed by atoms with Crippen molar-refractivity contribution in [1.29, 1.82) is 0 Å². The first-order chi connectivity index (χ1) is 7.60. The summed E-state index contributed by atoms with van der Waals surface area (Å²) in [4.78, 5) is 4.67. The fourth-order valence-corrected chi connectivity index (χ4v) is 1.63. The van der Waals surface area contributed by atoms with E-state index in [4.69, 9.17) is 28.4 Å². The summed E-state index contributed by atoms with van der Waals surface area (Å²) in [5, 5.41) is 16.5. The maximum atomic E-state index is 8.72. The fraction of sp³-hybridized carbons (Fsp3) is 0.200. The van der Waals surface area contributed by atoms with Gasteiger partial charge in [0, 0.05) is 10.6 Å². The highest BCUT2D eigenvalue weighted by molar-refractivity contribution is 6.50. The second kappa shape index (κ2) is 5.72. The van der Waals surface area contributed by atoms with Crippen molar-refractivity contribution in [3.63, 3.8) is 0 Å². The van der Waals surface area contributed by atoms with Crippen molar-refractivity contribution < 1.29 is 10.0 Å². The summed E-state index contributed by atoms with van der Waals surface area (Å²) in [5.41, 5.74) is 1.24. The van der Waals surface area contributed by atoms with Crippen molar-refractivity contribution in [3.8, 4) is 0 Å². The number of benzene rings is 1. The van der Waals surface area contributed by atoms with Crippen molar-refractivity contribution in [2.75, 3.05) is 7.11 Å². The van der Waals surface area contributed by atoms with Crippen molar-refractivity contribution in [2.24, 2.45) is 10.3 Å². The number of rotatable bonds is 3. The molecule has 1 N–H and O–H groups in total. The summed E-state index contributed by atoms with van der Waals surface area (Å²) < 4.78 is 0. The molecule has 0 amide bonds. The lowest BCUT2D eigenvalue weighted by molar-refractivity contribution is 0.214. The molecule has 0 aliphatic rings. The Morgan fingerprint density at radius 1 is 1.38 bits per heavy atom. The monoisotopic (exact) mass is 260 g/mol. The first-order valence-corrected chi connectivity index (χ1v) is 5.11. The highest BCUT2D eigenvalue weighted by Gasteiger charge is 2.13. The van der Waals surface area contributed by atoms with Gasteiger partial charge in [-0.05, 0) is 25.1 Å². The van der Waals surface area contributed by atoms with Gasteiger partial charge < -0.3 is 10.0 Å². The van der Waals surface area contributed by atoms with E-state index in [9.17, 15) is 0 Å². The van der Waals surface area contributed by atoms with Crippen LogP contribution in [0.5, 0.6) is 0 Å². The lowest BCUT2D eigenvalue weighted by atomic mass is 10.1. The van der Waals surface area contributed by atoms with Crippen LogP contribution in [0.25, 0.3) is 0 Å². The normalized spacial score (nSPS) is 12.8. The van der Waals surface area contributed by atoms with E-state index in [1.165, 1.54) is 7.11 Å². The minimum absolute atomic E-state index is 0.297. The number of halogens is 2. The molecule has 6 heteroatoms. The molecule has 0 aliphatic heterocycles. The first kappa shape index (κ1) is 12.8. The molecule has 0 spiro atoms. The van der Waals surface area contributed by atoms with E-state index in [0.29, 0.717) is 27.0 Å². The molecular formula is C10H10Cl2N2O2. The molecule has 0 saturated heterocycles. The molecular weight excluding hydrogens is 251 g/mol. The summed E-state index contributed by atoms with van der Waals surface area (Å²) in [7, 11) is 1.40. The van der Waals surface area contributed by atoms with E-state index >= 15 is 0 Å². The van der Waals surface area contributed by atoms with E-state index in [-0.39, 0.29) is 0 Å². The Hall–Kier alpha value is -1.26. The topological polar surface area (TPSA) is 54.2 Å². The molecule has 0 unspecified atom stereocenters. The van der Waals surface area contributed by atoms with Crippen molar-refractivity contribution in [2.45, 2.75) is 6.92 Å². The van der Waals surface area contributed by atoms with Crippen molar-refractivity contribution in [3.05, 3.63) is 33.8 Å². The van der Waals surface area contributed by atoms with Gasteiger partial charge in [-0.25, -0.2) is 0 Å². The molecule has 0 aliphatic carbocycles. The van der Waals surface area contributed by atoms with Crippen LogP contribution in [-0.4, -0.2) is 23.7 Å². The van der Waals surface area contributed by atoms with Crippen LogP contribution in [0, 0.1) is 0 Å². The molecule has 1 rings (SSSR count). The highest BCUT2D eigenvalue weighted by atomic mass is 35.5. The van der Waals surface area contributed by atoms with Gasteiger partial charge in [0.2, 0.25) is 0 Å². The Labute approximate surface area is 103 Å².